The molecule has 0 aromatic heterocycles. The Labute approximate surface area is 180 Å². The Balaban J connectivity index is 1.51. The first-order valence-corrected chi connectivity index (χ1v) is 10.5. The molecule has 0 bridgehead atoms. The van der Waals surface area contributed by atoms with Gasteiger partial charge in [0.1, 0.15) is 11.9 Å². The predicted octanol–water partition coefficient (Wildman–Crippen LogP) is 5.48. The lowest BCUT2D eigenvalue weighted by Gasteiger charge is -2.50. The van der Waals surface area contributed by atoms with Crippen molar-refractivity contribution in [3.05, 3.63) is 29.3 Å². The summed E-state index contributed by atoms with van der Waals surface area (Å²) in [6.45, 7) is 1.89. The molecule has 176 valence electrons. The molecular formula is C22H22F6O4. The van der Waals surface area contributed by atoms with Gasteiger partial charge in [-0.1, -0.05) is 13.0 Å². The largest absolute Gasteiger partial charge is 0.491 e. The maximum atomic E-state index is 12.7. The molecule has 0 heterocycles. The average molecular weight is 464 g/mol. The van der Waals surface area contributed by atoms with Gasteiger partial charge in [-0.25, -0.2) is 9.59 Å². The number of carbonyl (C=O) groups is 2. The first kappa shape index (κ1) is 22.9. The van der Waals surface area contributed by atoms with Crippen LogP contribution in [0.1, 0.15) is 56.1 Å². The lowest BCUT2D eigenvalue weighted by Crippen LogP contribution is -2.46. The number of ether oxygens (including phenoxy) is 2. The number of esters is 2. The summed E-state index contributed by atoms with van der Waals surface area (Å²) in [6.07, 6.45) is -7.32. The van der Waals surface area contributed by atoms with Gasteiger partial charge >= 0.3 is 24.3 Å². The van der Waals surface area contributed by atoms with E-state index in [0.717, 1.165) is 11.1 Å². The van der Waals surface area contributed by atoms with Crippen LogP contribution >= 0.6 is 0 Å². The highest BCUT2D eigenvalue weighted by Gasteiger charge is 2.57. The van der Waals surface area contributed by atoms with Gasteiger partial charge in [0.15, 0.2) is 0 Å². The molecule has 1 aromatic rings. The van der Waals surface area contributed by atoms with Crippen molar-refractivity contribution in [3.8, 4) is 5.75 Å². The molecule has 2 saturated carbocycles. The standard InChI is InChI=1S/C22H22F6O4/c1-20-9-8-14-13-5-3-12(31-18(29)21(23,24)25)10-11(13)2-4-15(14)16(20)6-7-17(20)32-19(30)22(26,27)28/h3,5,10,14-17H,2,4,6-9H2,1H3. The first-order chi connectivity index (χ1) is 14.8. The zero-order valence-electron chi connectivity index (χ0n) is 17.2. The van der Waals surface area contributed by atoms with Gasteiger partial charge in [-0.2, -0.15) is 26.3 Å². The molecule has 3 aliphatic carbocycles. The Bertz CT molecular complexity index is 924. The lowest BCUT2D eigenvalue weighted by molar-refractivity contribution is -0.211. The van der Waals surface area contributed by atoms with E-state index in [1.165, 1.54) is 12.1 Å². The van der Waals surface area contributed by atoms with E-state index < -0.39 is 35.8 Å². The summed E-state index contributed by atoms with van der Waals surface area (Å²) in [5, 5.41) is 0. The van der Waals surface area contributed by atoms with Gasteiger partial charge in [0.05, 0.1) is 0 Å². The fourth-order valence-corrected chi connectivity index (χ4v) is 6.13. The van der Waals surface area contributed by atoms with Crippen LogP contribution in [0.3, 0.4) is 0 Å². The second kappa shape index (κ2) is 7.66. The number of benzene rings is 1. The monoisotopic (exact) mass is 464 g/mol. The smallest absolute Gasteiger partial charge is 0.455 e. The molecule has 4 rings (SSSR count). The first-order valence-electron chi connectivity index (χ1n) is 10.5. The van der Waals surface area contributed by atoms with Gasteiger partial charge in [-0.05, 0) is 79.5 Å². The van der Waals surface area contributed by atoms with Gasteiger partial charge in [-0.15, -0.1) is 0 Å². The van der Waals surface area contributed by atoms with E-state index in [2.05, 4.69) is 4.74 Å². The quantitative estimate of drug-likeness (QED) is 0.330. The Kier molecular flexibility index (Phi) is 5.48. The SMILES string of the molecule is CC12CCC3c4ccc(OC(=O)C(F)(F)F)cc4CCC3C1CCC2OC(=O)C(F)(F)F. The molecule has 0 saturated heterocycles. The highest BCUT2D eigenvalue weighted by molar-refractivity contribution is 5.78. The summed E-state index contributed by atoms with van der Waals surface area (Å²) in [7, 11) is 0. The molecule has 2 fully saturated rings. The normalized spacial score (nSPS) is 31.8. The van der Waals surface area contributed by atoms with E-state index in [9.17, 15) is 35.9 Å². The number of hydrogen-bond acceptors (Lipinski definition) is 4. The topological polar surface area (TPSA) is 52.6 Å². The van der Waals surface area contributed by atoms with Crippen molar-refractivity contribution in [2.45, 2.75) is 69.8 Å². The molecule has 1 aromatic carbocycles. The zero-order chi connectivity index (χ0) is 23.5. The molecule has 3 aliphatic rings. The van der Waals surface area contributed by atoms with Crippen LogP contribution in [-0.2, 0) is 20.7 Å². The average Bonchev–Trinajstić information content (AvgIpc) is 3.02. The van der Waals surface area contributed by atoms with Crippen molar-refractivity contribution in [1.29, 1.82) is 0 Å². The zero-order valence-corrected chi connectivity index (χ0v) is 17.2. The van der Waals surface area contributed by atoms with Crippen LogP contribution < -0.4 is 4.74 Å². The van der Waals surface area contributed by atoms with Crippen molar-refractivity contribution < 1.29 is 45.4 Å². The summed E-state index contributed by atoms with van der Waals surface area (Å²) in [5.74, 6) is -4.21. The molecule has 5 unspecified atom stereocenters. The number of carbonyl (C=O) groups excluding carboxylic acids is 2. The van der Waals surface area contributed by atoms with E-state index in [-0.39, 0.29) is 23.5 Å². The Morgan fingerprint density at radius 1 is 0.969 bits per heavy atom. The van der Waals surface area contributed by atoms with Gasteiger partial charge in [0.2, 0.25) is 0 Å². The van der Waals surface area contributed by atoms with Crippen molar-refractivity contribution >= 4 is 11.9 Å². The maximum Gasteiger partial charge on any atom is 0.491 e. The Morgan fingerprint density at radius 3 is 2.31 bits per heavy atom. The number of hydrogen-bond donors (Lipinski definition) is 0. The summed E-state index contributed by atoms with van der Waals surface area (Å²) < 4.78 is 84.8. The van der Waals surface area contributed by atoms with Gasteiger partial charge < -0.3 is 9.47 Å². The van der Waals surface area contributed by atoms with E-state index in [0.29, 0.717) is 38.5 Å². The molecule has 0 amide bonds. The lowest BCUT2D eigenvalue weighted by atomic mass is 9.55. The predicted molar refractivity (Wildman–Crippen MR) is 98.7 cm³/mol. The van der Waals surface area contributed by atoms with Crippen LogP contribution in [0.4, 0.5) is 26.3 Å². The van der Waals surface area contributed by atoms with Crippen LogP contribution in [0.25, 0.3) is 0 Å². The molecule has 5 atom stereocenters. The van der Waals surface area contributed by atoms with E-state index in [1.54, 1.807) is 6.07 Å². The van der Waals surface area contributed by atoms with E-state index in [4.69, 9.17) is 4.74 Å². The number of alkyl halides is 6. The Morgan fingerprint density at radius 2 is 1.66 bits per heavy atom. The van der Waals surface area contributed by atoms with Gasteiger partial charge in [-0.3, -0.25) is 0 Å². The molecule has 4 nitrogen and oxygen atoms in total. The second-order valence-corrected chi connectivity index (χ2v) is 9.18. The number of rotatable bonds is 2. The minimum absolute atomic E-state index is 0.0863. The van der Waals surface area contributed by atoms with Crippen LogP contribution in [-0.4, -0.2) is 30.4 Å². The van der Waals surface area contributed by atoms with Crippen molar-refractivity contribution in [1.82, 2.24) is 0 Å². The third-order valence-corrected chi connectivity index (χ3v) is 7.53. The van der Waals surface area contributed by atoms with Crippen LogP contribution in [0.2, 0.25) is 0 Å². The maximum absolute atomic E-state index is 12.7. The number of fused-ring (bicyclic) bond motifs is 5. The van der Waals surface area contributed by atoms with Crippen LogP contribution in [0, 0.1) is 17.3 Å². The summed E-state index contributed by atoms with van der Waals surface area (Å²) in [5.41, 5.74) is 1.26. The summed E-state index contributed by atoms with van der Waals surface area (Å²) >= 11 is 0. The fraction of sp³-hybridized carbons (Fsp3) is 0.636. The van der Waals surface area contributed by atoms with Crippen LogP contribution in [0.15, 0.2) is 18.2 Å². The van der Waals surface area contributed by atoms with Crippen LogP contribution in [0.5, 0.6) is 5.75 Å². The van der Waals surface area contributed by atoms with E-state index >= 15 is 0 Å². The van der Waals surface area contributed by atoms with E-state index in [1.807, 2.05) is 6.92 Å². The van der Waals surface area contributed by atoms with Crippen molar-refractivity contribution in [3.63, 3.8) is 0 Å². The van der Waals surface area contributed by atoms with Crippen molar-refractivity contribution in [2.75, 3.05) is 0 Å². The third kappa shape index (κ3) is 3.96. The molecule has 0 spiro atoms. The minimum atomic E-state index is -5.08. The molecular weight excluding hydrogens is 442 g/mol. The highest BCUT2D eigenvalue weighted by Crippen LogP contribution is 2.61. The molecule has 32 heavy (non-hydrogen) atoms. The number of halogens is 6. The molecule has 0 aliphatic heterocycles. The summed E-state index contributed by atoms with van der Waals surface area (Å²) in [4.78, 5) is 22.5. The summed E-state index contributed by atoms with van der Waals surface area (Å²) in [6, 6.07) is 4.50. The third-order valence-electron chi connectivity index (χ3n) is 7.53. The van der Waals surface area contributed by atoms with Gasteiger partial charge in [0.25, 0.3) is 0 Å². The number of aryl methyl sites for hydroxylation is 1. The fourth-order valence-electron chi connectivity index (χ4n) is 6.13. The second-order valence-electron chi connectivity index (χ2n) is 9.18. The highest BCUT2D eigenvalue weighted by atomic mass is 19.4. The molecule has 0 N–H and O–H groups in total. The van der Waals surface area contributed by atoms with Crippen molar-refractivity contribution in [2.24, 2.45) is 17.3 Å². The Hall–Kier alpha value is -2.26. The molecule has 10 heteroatoms. The minimum Gasteiger partial charge on any atom is -0.455 e. The van der Waals surface area contributed by atoms with Gasteiger partial charge in [0, 0.05) is 5.41 Å². The molecule has 0 radical (unpaired) electrons.